The summed E-state index contributed by atoms with van der Waals surface area (Å²) in [5.41, 5.74) is -0.207. The minimum absolute atomic E-state index is 0.0209. The van der Waals surface area contributed by atoms with Gasteiger partial charge in [0.15, 0.2) is 0 Å². The van der Waals surface area contributed by atoms with Crippen LogP contribution in [0.5, 0.6) is 0 Å². The summed E-state index contributed by atoms with van der Waals surface area (Å²) < 4.78 is 11.9. The molecule has 1 aliphatic rings. The molecule has 1 saturated heterocycles. The third kappa shape index (κ3) is 9.09. The molecule has 2 aromatic heterocycles. The molecule has 3 N–H and O–H groups in total. The first-order valence-corrected chi connectivity index (χ1v) is 13.4. The topological polar surface area (TPSA) is 161 Å². The van der Waals surface area contributed by atoms with E-state index in [-0.39, 0.29) is 18.2 Å². The lowest BCUT2D eigenvalue weighted by Crippen LogP contribution is -2.55. The molecule has 0 unspecified atom stereocenters. The highest BCUT2D eigenvalue weighted by atomic mass is 16.6. The summed E-state index contributed by atoms with van der Waals surface area (Å²) in [5, 5.41) is 5.55. The van der Waals surface area contributed by atoms with Crippen molar-refractivity contribution in [1.82, 2.24) is 35.1 Å². The number of ether oxygens (including phenoxy) is 2. The van der Waals surface area contributed by atoms with Gasteiger partial charge >= 0.3 is 12.2 Å². The van der Waals surface area contributed by atoms with Gasteiger partial charge in [0.1, 0.15) is 29.6 Å². The first-order chi connectivity index (χ1) is 18.6. The van der Waals surface area contributed by atoms with Gasteiger partial charge in [-0.05, 0) is 53.9 Å². The van der Waals surface area contributed by atoms with E-state index in [2.05, 4.69) is 25.6 Å². The number of likely N-dealkylation sites (tertiary alicyclic amines) is 1. The number of nitrogens with one attached hydrogen (secondary N) is 3. The highest BCUT2D eigenvalue weighted by Crippen LogP contribution is 2.25. The Balaban J connectivity index is 1.75. The van der Waals surface area contributed by atoms with Crippen molar-refractivity contribution < 1.29 is 28.7 Å². The summed E-state index contributed by atoms with van der Waals surface area (Å²) in [6, 6.07) is -1.77. The maximum atomic E-state index is 13.8. The largest absolute Gasteiger partial charge is 0.444 e. The van der Waals surface area contributed by atoms with Gasteiger partial charge in [-0.15, -0.1) is 0 Å². The average molecular weight is 560 g/mol. The number of carbonyl (C=O) groups is 4. The molecule has 3 heterocycles. The highest BCUT2D eigenvalue weighted by molar-refractivity contribution is 5.92. The van der Waals surface area contributed by atoms with Crippen molar-refractivity contribution in [3.05, 3.63) is 36.4 Å². The van der Waals surface area contributed by atoms with Crippen LogP contribution in [0.4, 0.5) is 9.59 Å². The second-order valence-electron chi connectivity index (χ2n) is 12.1. The van der Waals surface area contributed by atoms with Crippen LogP contribution in [0.3, 0.4) is 0 Å². The van der Waals surface area contributed by atoms with E-state index in [1.54, 1.807) is 54.1 Å². The van der Waals surface area contributed by atoms with Crippen LogP contribution in [-0.4, -0.2) is 84.8 Å². The number of hydrogen-bond acceptors (Lipinski definition) is 8. The number of alkyl carbamates (subject to hydrolysis) is 1. The van der Waals surface area contributed by atoms with Gasteiger partial charge in [-0.25, -0.2) is 24.1 Å². The van der Waals surface area contributed by atoms with Crippen molar-refractivity contribution >= 4 is 24.0 Å². The molecule has 1 fully saturated rings. The van der Waals surface area contributed by atoms with Crippen molar-refractivity contribution in [1.29, 1.82) is 0 Å². The Hall–Kier alpha value is -3.90. The Morgan fingerprint density at radius 2 is 1.82 bits per heavy atom. The lowest BCUT2D eigenvalue weighted by atomic mass is 10.1. The van der Waals surface area contributed by atoms with Gasteiger partial charge in [-0.1, -0.05) is 6.92 Å². The van der Waals surface area contributed by atoms with E-state index in [9.17, 15) is 19.2 Å². The van der Waals surface area contributed by atoms with E-state index in [0.29, 0.717) is 31.6 Å². The van der Waals surface area contributed by atoms with Gasteiger partial charge in [-0.2, -0.15) is 0 Å². The maximum absolute atomic E-state index is 13.8. The molecule has 0 bridgehead atoms. The van der Waals surface area contributed by atoms with Gasteiger partial charge in [-0.3, -0.25) is 9.59 Å². The van der Waals surface area contributed by atoms with Crippen LogP contribution < -0.4 is 10.6 Å². The van der Waals surface area contributed by atoms with Crippen molar-refractivity contribution in [3.63, 3.8) is 0 Å². The number of nitrogens with zero attached hydrogens (tertiary/aromatic N) is 4. The molecule has 1 aliphatic heterocycles. The van der Waals surface area contributed by atoms with Crippen LogP contribution in [0.15, 0.2) is 25.0 Å². The number of rotatable bonds is 8. The third-order valence-electron chi connectivity index (χ3n) is 5.99. The highest BCUT2D eigenvalue weighted by Gasteiger charge is 2.41. The maximum Gasteiger partial charge on any atom is 0.419 e. The Labute approximate surface area is 234 Å². The number of imidazole rings is 2. The van der Waals surface area contributed by atoms with Gasteiger partial charge in [0.25, 0.3) is 0 Å². The van der Waals surface area contributed by atoms with Crippen molar-refractivity contribution in [2.75, 3.05) is 13.1 Å². The average Bonchev–Trinajstić information content (AvgIpc) is 3.57. The first kappa shape index (κ1) is 30.6. The molecule has 40 heavy (non-hydrogen) atoms. The van der Waals surface area contributed by atoms with Crippen molar-refractivity contribution in [2.24, 2.45) is 5.92 Å². The summed E-state index contributed by atoms with van der Waals surface area (Å²) in [7, 11) is 0. The quantitative estimate of drug-likeness (QED) is 0.444. The fourth-order valence-corrected chi connectivity index (χ4v) is 4.34. The summed E-state index contributed by atoms with van der Waals surface area (Å²) in [4.78, 5) is 64.8. The summed E-state index contributed by atoms with van der Waals surface area (Å²) in [5.74, 6) is -0.612. The van der Waals surface area contributed by atoms with Crippen LogP contribution in [-0.2, 0) is 31.9 Å². The van der Waals surface area contributed by atoms with E-state index in [4.69, 9.17) is 9.47 Å². The van der Waals surface area contributed by atoms with E-state index < -0.39 is 41.4 Å². The van der Waals surface area contributed by atoms with Crippen LogP contribution in [0, 0.1) is 5.92 Å². The normalized spacial score (nSPS) is 18.2. The number of H-pyrrole nitrogens is 1. The third-order valence-corrected chi connectivity index (χ3v) is 5.99. The van der Waals surface area contributed by atoms with E-state index in [1.165, 1.54) is 22.0 Å². The van der Waals surface area contributed by atoms with Gasteiger partial charge in [0.2, 0.25) is 11.8 Å². The molecule has 220 valence electrons. The van der Waals surface area contributed by atoms with Crippen LogP contribution in [0.2, 0.25) is 0 Å². The molecular weight excluding hydrogens is 518 g/mol. The Morgan fingerprint density at radius 1 is 1.12 bits per heavy atom. The molecule has 0 saturated carbocycles. The number of amides is 3. The fraction of sp³-hybridized carbons (Fsp3) is 0.630. The molecule has 2 aromatic rings. The molecule has 3 amide bonds. The number of aromatic nitrogens is 4. The molecule has 3 atom stereocenters. The van der Waals surface area contributed by atoms with Crippen LogP contribution in [0.25, 0.3) is 0 Å². The molecule has 0 radical (unpaired) electrons. The zero-order chi connectivity index (χ0) is 29.7. The van der Waals surface area contributed by atoms with E-state index in [1.807, 2.05) is 6.92 Å². The lowest BCUT2D eigenvalue weighted by molar-refractivity contribution is -0.140. The number of hydrogen-bond donors (Lipinski definition) is 3. The number of aromatic amines is 1. The smallest absolute Gasteiger partial charge is 0.419 e. The zero-order valence-corrected chi connectivity index (χ0v) is 24.3. The first-order valence-electron chi connectivity index (χ1n) is 13.4. The van der Waals surface area contributed by atoms with E-state index in [0.717, 1.165) is 5.69 Å². The monoisotopic (exact) mass is 559 g/mol. The molecule has 0 spiro atoms. The standard InChI is InChI=1S/C27H41N7O6/c1-17-10-21(22(35)29-9-8-18-12-28-15-30-18)34(13-17)23(36)20(32-24(37)39-26(2,3)4)11-19-14-33(16-31-19)25(38)40-27(5,6)7/h12,14-17,20-21H,8-11,13H2,1-7H3,(H,28,30)(H,29,35)(H,32,37)/t17-,20+,21-/m0/s1. The minimum atomic E-state index is -1.08. The Kier molecular flexibility index (Phi) is 9.59. The summed E-state index contributed by atoms with van der Waals surface area (Å²) in [6.45, 7) is 13.1. The summed E-state index contributed by atoms with van der Waals surface area (Å²) >= 11 is 0. The van der Waals surface area contributed by atoms with E-state index >= 15 is 0 Å². The predicted molar refractivity (Wildman–Crippen MR) is 145 cm³/mol. The SMILES string of the molecule is C[C@H]1C[C@@H](C(=O)NCCc2cnc[nH]2)N(C(=O)[C@@H](Cc2cn(C(=O)OC(C)(C)C)cn2)NC(=O)OC(C)(C)C)C1. The molecular formula is C27H41N7O6. The zero-order valence-electron chi connectivity index (χ0n) is 24.3. The van der Waals surface area contributed by atoms with Crippen LogP contribution >= 0.6 is 0 Å². The molecule has 0 aromatic carbocycles. The molecule has 13 heteroatoms. The Morgan fingerprint density at radius 3 is 2.45 bits per heavy atom. The van der Waals surface area contributed by atoms with Crippen molar-refractivity contribution in [2.45, 2.75) is 91.0 Å². The Bertz CT molecular complexity index is 1180. The summed E-state index contributed by atoms with van der Waals surface area (Å²) in [6.07, 6.45) is 5.68. The number of carbonyl (C=O) groups excluding carboxylic acids is 4. The van der Waals surface area contributed by atoms with Crippen LogP contribution in [0.1, 0.15) is 66.3 Å². The fourth-order valence-electron chi connectivity index (χ4n) is 4.34. The lowest BCUT2D eigenvalue weighted by Gasteiger charge is -2.29. The van der Waals surface area contributed by atoms with Gasteiger partial charge in [0.05, 0.1) is 12.0 Å². The molecule has 13 nitrogen and oxygen atoms in total. The molecule has 3 rings (SSSR count). The minimum Gasteiger partial charge on any atom is -0.444 e. The van der Waals surface area contributed by atoms with Gasteiger partial charge < -0.3 is 30.0 Å². The predicted octanol–water partition coefficient (Wildman–Crippen LogP) is 2.42. The second-order valence-corrected chi connectivity index (χ2v) is 12.1. The molecule has 0 aliphatic carbocycles. The second kappa shape index (κ2) is 12.5. The van der Waals surface area contributed by atoms with Gasteiger partial charge in [0, 0.05) is 44.0 Å². The van der Waals surface area contributed by atoms with Crippen molar-refractivity contribution in [3.8, 4) is 0 Å².